The van der Waals surface area contributed by atoms with Gasteiger partial charge in [-0.15, -0.1) is 0 Å². The number of rotatable bonds is 6. The van der Waals surface area contributed by atoms with E-state index in [1.807, 2.05) is 17.9 Å². The molecule has 3 heteroatoms. The van der Waals surface area contributed by atoms with Crippen LogP contribution in [0.5, 0.6) is 0 Å². The highest BCUT2D eigenvalue weighted by atomic mass is 15.2. The molecule has 98 valence electrons. The fourth-order valence-electron chi connectivity index (χ4n) is 1.94. The van der Waals surface area contributed by atoms with E-state index in [4.69, 9.17) is 0 Å². The maximum absolute atomic E-state index is 4.25. The third kappa shape index (κ3) is 4.15. The molecule has 0 radical (unpaired) electrons. The van der Waals surface area contributed by atoms with Crippen LogP contribution < -0.4 is 5.32 Å². The van der Waals surface area contributed by atoms with Crippen molar-refractivity contribution in [1.82, 2.24) is 15.1 Å². The predicted octanol–water partition coefficient (Wildman–Crippen LogP) is 2.62. The molecule has 0 amide bonds. The van der Waals surface area contributed by atoms with Crippen LogP contribution in [0.1, 0.15) is 40.2 Å². The van der Waals surface area contributed by atoms with E-state index in [1.54, 1.807) is 0 Å². The molecule has 0 fully saturated rings. The Hall–Kier alpha value is -0.830. The summed E-state index contributed by atoms with van der Waals surface area (Å²) in [5.41, 5.74) is 1.61. The van der Waals surface area contributed by atoms with Crippen molar-refractivity contribution in [2.75, 3.05) is 6.54 Å². The van der Waals surface area contributed by atoms with Gasteiger partial charge in [0.15, 0.2) is 0 Å². The number of nitrogens with zero attached hydrogens (tertiary/aromatic N) is 2. The Kier molecular flexibility index (Phi) is 4.75. The molecule has 0 saturated heterocycles. The molecule has 0 aliphatic rings. The normalized spacial score (nSPS) is 15.5. The fourth-order valence-corrected chi connectivity index (χ4v) is 1.94. The lowest BCUT2D eigenvalue weighted by atomic mass is 9.74. The van der Waals surface area contributed by atoms with Crippen molar-refractivity contribution in [2.24, 2.45) is 18.4 Å². The summed E-state index contributed by atoms with van der Waals surface area (Å²) in [7, 11) is 1.97. The molecule has 0 aliphatic carbocycles. The second-order valence-electron chi connectivity index (χ2n) is 6.04. The van der Waals surface area contributed by atoms with E-state index in [-0.39, 0.29) is 5.41 Å². The largest absolute Gasteiger partial charge is 0.314 e. The van der Waals surface area contributed by atoms with Gasteiger partial charge in [0, 0.05) is 25.8 Å². The van der Waals surface area contributed by atoms with E-state index in [2.05, 4.69) is 51.2 Å². The lowest BCUT2D eigenvalue weighted by molar-refractivity contribution is 0.202. The molecule has 3 nitrogen and oxygen atoms in total. The summed E-state index contributed by atoms with van der Waals surface area (Å²) in [5.74, 6) is 0.647. The van der Waals surface area contributed by atoms with Crippen LogP contribution in [0.2, 0.25) is 0 Å². The van der Waals surface area contributed by atoms with E-state index < -0.39 is 0 Å². The molecular weight excluding hydrogens is 210 g/mol. The SMILES string of the molecule is CC(C)NCC(C)(Cc1cnn(C)c1)C(C)C. The average molecular weight is 237 g/mol. The van der Waals surface area contributed by atoms with E-state index >= 15 is 0 Å². The summed E-state index contributed by atoms with van der Waals surface area (Å²) in [5, 5.41) is 7.82. The lowest BCUT2D eigenvalue weighted by Crippen LogP contribution is -2.40. The first-order chi connectivity index (χ1) is 7.83. The Morgan fingerprint density at radius 2 is 2.00 bits per heavy atom. The van der Waals surface area contributed by atoms with E-state index in [0.29, 0.717) is 12.0 Å². The molecule has 0 aliphatic heterocycles. The van der Waals surface area contributed by atoms with E-state index in [9.17, 15) is 0 Å². The number of hydrogen-bond donors (Lipinski definition) is 1. The van der Waals surface area contributed by atoms with Gasteiger partial charge >= 0.3 is 0 Å². The topological polar surface area (TPSA) is 29.9 Å². The average Bonchev–Trinajstić information content (AvgIpc) is 2.60. The molecule has 1 rings (SSSR count). The third-order valence-electron chi connectivity index (χ3n) is 3.67. The third-order valence-corrected chi connectivity index (χ3v) is 3.67. The Balaban J connectivity index is 2.70. The Morgan fingerprint density at radius 1 is 1.35 bits per heavy atom. The van der Waals surface area contributed by atoms with E-state index in [0.717, 1.165) is 13.0 Å². The number of hydrogen-bond acceptors (Lipinski definition) is 2. The fraction of sp³-hybridized carbons (Fsp3) is 0.786. The van der Waals surface area contributed by atoms with Crippen molar-refractivity contribution >= 4 is 0 Å². The highest BCUT2D eigenvalue weighted by Gasteiger charge is 2.29. The Labute approximate surface area is 106 Å². The smallest absolute Gasteiger partial charge is 0.0521 e. The minimum Gasteiger partial charge on any atom is -0.314 e. The Morgan fingerprint density at radius 3 is 2.41 bits per heavy atom. The second kappa shape index (κ2) is 5.67. The first kappa shape index (κ1) is 14.2. The Bertz CT molecular complexity index is 341. The second-order valence-corrected chi connectivity index (χ2v) is 6.04. The predicted molar refractivity (Wildman–Crippen MR) is 73.0 cm³/mol. The summed E-state index contributed by atoms with van der Waals surface area (Å²) < 4.78 is 1.88. The van der Waals surface area contributed by atoms with Crippen LogP contribution in [-0.2, 0) is 13.5 Å². The zero-order valence-corrected chi connectivity index (χ0v) is 12.1. The summed E-state index contributed by atoms with van der Waals surface area (Å²) >= 11 is 0. The van der Waals surface area contributed by atoms with Gasteiger partial charge in [0.1, 0.15) is 0 Å². The minimum atomic E-state index is 0.285. The minimum absolute atomic E-state index is 0.285. The summed E-state index contributed by atoms with van der Waals surface area (Å²) in [6.07, 6.45) is 5.18. The van der Waals surface area contributed by atoms with Gasteiger partial charge in [0.05, 0.1) is 6.20 Å². The number of aryl methyl sites for hydroxylation is 1. The monoisotopic (exact) mass is 237 g/mol. The molecule has 1 unspecified atom stereocenters. The van der Waals surface area contributed by atoms with Crippen molar-refractivity contribution in [3.05, 3.63) is 18.0 Å². The zero-order valence-electron chi connectivity index (χ0n) is 12.1. The molecule has 1 aromatic rings. The number of aromatic nitrogens is 2. The highest BCUT2D eigenvalue weighted by molar-refractivity contribution is 5.08. The molecule has 17 heavy (non-hydrogen) atoms. The number of nitrogens with one attached hydrogen (secondary N) is 1. The molecule has 0 saturated carbocycles. The maximum atomic E-state index is 4.25. The molecule has 0 bridgehead atoms. The molecule has 1 atom stereocenters. The zero-order chi connectivity index (χ0) is 13.1. The first-order valence-electron chi connectivity index (χ1n) is 6.54. The molecule has 0 spiro atoms. The molecule has 1 N–H and O–H groups in total. The molecule has 1 heterocycles. The van der Waals surface area contributed by atoms with Crippen LogP contribution in [0, 0.1) is 11.3 Å². The van der Waals surface area contributed by atoms with Gasteiger partial charge in [0.25, 0.3) is 0 Å². The van der Waals surface area contributed by atoms with Gasteiger partial charge in [0.2, 0.25) is 0 Å². The van der Waals surface area contributed by atoms with Gasteiger partial charge in [-0.2, -0.15) is 5.10 Å². The van der Waals surface area contributed by atoms with Crippen molar-refractivity contribution in [2.45, 2.75) is 47.1 Å². The molecule has 0 aromatic carbocycles. The van der Waals surface area contributed by atoms with Crippen LogP contribution in [0.3, 0.4) is 0 Å². The summed E-state index contributed by atoms with van der Waals surface area (Å²) in [6.45, 7) is 12.4. The van der Waals surface area contributed by atoms with Gasteiger partial charge in [-0.25, -0.2) is 0 Å². The standard InChI is InChI=1S/C14H27N3/c1-11(2)14(5,10-15-12(3)4)7-13-8-16-17(6)9-13/h8-9,11-12,15H,7,10H2,1-6H3. The van der Waals surface area contributed by atoms with E-state index in [1.165, 1.54) is 5.56 Å². The van der Waals surface area contributed by atoms with Gasteiger partial charge < -0.3 is 5.32 Å². The van der Waals surface area contributed by atoms with Crippen molar-refractivity contribution < 1.29 is 0 Å². The first-order valence-corrected chi connectivity index (χ1v) is 6.54. The summed E-state index contributed by atoms with van der Waals surface area (Å²) in [4.78, 5) is 0. The lowest BCUT2D eigenvalue weighted by Gasteiger charge is -2.34. The van der Waals surface area contributed by atoms with Crippen molar-refractivity contribution in [3.63, 3.8) is 0 Å². The molecular formula is C14H27N3. The van der Waals surface area contributed by atoms with Crippen molar-refractivity contribution in [1.29, 1.82) is 0 Å². The van der Waals surface area contributed by atoms with Crippen LogP contribution in [0.15, 0.2) is 12.4 Å². The van der Waals surface area contributed by atoms with Gasteiger partial charge in [-0.1, -0.05) is 34.6 Å². The quantitative estimate of drug-likeness (QED) is 0.824. The molecule has 1 aromatic heterocycles. The summed E-state index contributed by atoms with van der Waals surface area (Å²) in [6, 6.07) is 0.543. The van der Waals surface area contributed by atoms with Gasteiger partial charge in [-0.3, -0.25) is 4.68 Å². The van der Waals surface area contributed by atoms with Crippen LogP contribution in [0.25, 0.3) is 0 Å². The highest BCUT2D eigenvalue weighted by Crippen LogP contribution is 2.30. The van der Waals surface area contributed by atoms with Gasteiger partial charge in [-0.05, 0) is 23.3 Å². The maximum Gasteiger partial charge on any atom is 0.0521 e. The van der Waals surface area contributed by atoms with Crippen LogP contribution >= 0.6 is 0 Å². The van der Waals surface area contributed by atoms with Crippen molar-refractivity contribution in [3.8, 4) is 0 Å². The van der Waals surface area contributed by atoms with Crippen LogP contribution in [-0.4, -0.2) is 22.4 Å². The van der Waals surface area contributed by atoms with Crippen LogP contribution in [0.4, 0.5) is 0 Å².